The van der Waals surface area contributed by atoms with Crippen molar-refractivity contribution < 1.29 is 4.42 Å². The first-order chi connectivity index (χ1) is 51.5. The summed E-state index contributed by atoms with van der Waals surface area (Å²) in [4.78, 5) is 0. The quantitative estimate of drug-likeness (QED) is 0.169. The van der Waals surface area contributed by atoms with Crippen molar-refractivity contribution in [1.82, 2.24) is 9.13 Å². The molecule has 17 rings (SSSR count). The van der Waals surface area contributed by atoms with Crippen LogP contribution in [-0.2, 0) is 60.2 Å². The summed E-state index contributed by atoms with van der Waals surface area (Å²) >= 11 is 0. The first-order valence-corrected chi connectivity index (χ1v) is 41.4. The summed E-state index contributed by atoms with van der Waals surface area (Å²) in [5.41, 5.74) is 45.2. The molecule has 0 saturated heterocycles. The lowest BCUT2D eigenvalue weighted by molar-refractivity contribution is 0.475. The number of aromatic nitrogens is 2. The second-order valence-corrected chi connectivity index (χ2v) is 36.9. The van der Waals surface area contributed by atoms with E-state index in [0.717, 1.165) is 11.5 Å². The Bertz CT molecular complexity index is 5200. The Labute approximate surface area is 659 Å². The highest BCUT2D eigenvalue weighted by Crippen LogP contribution is 2.44. The van der Waals surface area contributed by atoms with E-state index in [2.05, 4.69) is 346 Å². The first-order valence-electron chi connectivity index (χ1n) is 41.4. The lowest BCUT2D eigenvalue weighted by Gasteiger charge is -2.33. The lowest BCUT2D eigenvalue weighted by Crippen LogP contribution is -2.18. The zero-order valence-electron chi connectivity index (χ0n) is 71.9. The molecule has 12 aromatic rings. The zero-order chi connectivity index (χ0) is 78.8. The summed E-state index contributed by atoms with van der Waals surface area (Å²) in [7, 11) is 0. The van der Waals surface area contributed by atoms with E-state index in [1.165, 1.54) is 229 Å². The van der Waals surface area contributed by atoms with Gasteiger partial charge < -0.3 is 13.6 Å². The molecule has 1 unspecified atom stereocenters. The maximum atomic E-state index is 5.61. The van der Waals surface area contributed by atoms with E-state index in [4.69, 9.17) is 4.42 Å². The summed E-state index contributed by atoms with van der Waals surface area (Å²) in [6.45, 7) is 55.8. The van der Waals surface area contributed by atoms with Gasteiger partial charge in [0.25, 0.3) is 0 Å². The molecule has 0 fully saturated rings. The number of hydrogen-bond acceptors (Lipinski definition) is 1. The average Bonchev–Trinajstić information content (AvgIpc) is 1.65. The molecular formula is C106H132N2O. The van der Waals surface area contributed by atoms with Gasteiger partial charge in [0.05, 0.1) is 17.3 Å². The third-order valence-corrected chi connectivity index (χ3v) is 25.2. The number of rotatable bonds is 2. The predicted molar refractivity (Wildman–Crippen MR) is 475 cm³/mol. The van der Waals surface area contributed by atoms with Gasteiger partial charge in [0.1, 0.15) is 5.58 Å². The Kier molecular flexibility index (Phi) is 25.0. The normalized spacial score (nSPS) is 15.2. The minimum Gasteiger partial charge on any atom is -0.464 e. The van der Waals surface area contributed by atoms with Crippen LogP contribution >= 0.6 is 0 Å². The van der Waals surface area contributed by atoms with Gasteiger partial charge in [-0.1, -0.05) is 179 Å². The number of furan rings is 1. The molecule has 5 aliphatic rings. The van der Waals surface area contributed by atoms with Gasteiger partial charge in [-0.15, -0.1) is 0 Å². The summed E-state index contributed by atoms with van der Waals surface area (Å²) in [5.74, 6) is 0.914. The van der Waals surface area contributed by atoms with Crippen LogP contribution in [0.4, 0.5) is 0 Å². The third kappa shape index (κ3) is 18.4. The van der Waals surface area contributed by atoms with Crippen LogP contribution in [0.15, 0.2) is 169 Å². The van der Waals surface area contributed by atoms with Gasteiger partial charge in [-0.25, -0.2) is 0 Å². The number of para-hydroxylation sites is 2. The molecule has 0 spiro atoms. The lowest BCUT2D eigenvalue weighted by atomic mass is 9.71. The predicted octanol–water partition coefficient (Wildman–Crippen LogP) is 29.5. The fourth-order valence-corrected chi connectivity index (χ4v) is 17.4. The molecule has 3 nitrogen and oxygen atoms in total. The summed E-state index contributed by atoms with van der Waals surface area (Å²) < 4.78 is 10.3. The minimum absolute atomic E-state index is 0.139. The topological polar surface area (TPSA) is 23.0 Å². The van der Waals surface area contributed by atoms with Gasteiger partial charge in [-0.3, -0.25) is 0 Å². The van der Waals surface area contributed by atoms with Crippen molar-refractivity contribution in [3.05, 3.63) is 309 Å². The van der Waals surface area contributed by atoms with E-state index in [1.807, 2.05) is 6.26 Å². The Morgan fingerprint density at radius 3 is 1.42 bits per heavy atom. The smallest absolute Gasteiger partial charge is 0.134 e. The van der Waals surface area contributed by atoms with Gasteiger partial charge in [0, 0.05) is 50.9 Å². The first kappa shape index (κ1) is 81.3. The van der Waals surface area contributed by atoms with Crippen LogP contribution in [0.1, 0.15) is 278 Å². The highest BCUT2D eigenvalue weighted by atomic mass is 16.3. The fourth-order valence-electron chi connectivity index (χ4n) is 17.4. The standard InChI is InChI=1S/2C20H23N.C15H20.C14H18O.C13H16.2C12H16/c1-14-11-17-18(20(3,4)5)13-21(19(17)12-15(14)2)16-9-7-6-8-10-16;1-14-11-12-17-18(20(3,4)5)13-21(19(17)15(14)2)16-9-7-6-8-10-16;1-10-9-13-7-3-5-12-6-4-8-14(11(10)2)15(12)13;1-9-6-11-12(14(3,4)5)8-15-13(11)7-10(9)2;1-9-7-11-5-6-13(3,4)12(11)8-10(9)2;1-9-7-11-5-3-4-6-12(11)8-10(9)2;1-9-7-8-11-5-3-4-6-12(11)10(9)2/h2*6-13H,1-5H3;9,12H,3-8H2,1-2H3;6-8H,1-5H3;5-8H,1-4H3;2*7-8H,3-6H2,1-2H3. The van der Waals surface area contributed by atoms with E-state index in [9.17, 15) is 0 Å². The van der Waals surface area contributed by atoms with Crippen LogP contribution in [-0.4, -0.2) is 9.13 Å². The van der Waals surface area contributed by atoms with Crippen molar-refractivity contribution in [2.45, 2.75) is 291 Å². The molecular weight excluding hydrogens is 1320 g/mol. The highest BCUT2D eigenvalue weighted by molar-refractivity contribution is 5.91. The van der Waals surface area contributed by atoms with Crippen LogP contribution in [0.5, 0.6) is 0 Å². The SMILES string of the molecule is Cc1cc2c(C(C)(C)C)cn(-c3ccccc3)c2cc1C.Cc1cc2c(cc1C)C(C)(C)C=C2.Cc1cc2c(cc1C)CCCC2.Cc1cc2c3c(c1C)CCCC3CCC2.Cc1cc2occ(C(C)(C)C)c2cc1C.Cc1ccc2c(C(C)(C)C)cn(-c3ccccc3)c2c1C.Cc1ccc2c(c1C)CCCC2. The van der Waals surface area contributed by atoms with Crippen LogP contribution < -0.4 is 0 Å². The fraction of sp³-hybridized carbons (Fsp3) is 0.415. The molecule has 1 atom stereocenters. The number of fused-ring (bicyclic) bond motifs is 6. The van der Waals surface area contributed by atoms with E-state index >= 15 is 0 Å². The minimum atomic E-state index is 0.139. The number of aryl methyl sites for hydroxylation is 16. The van der Waals surface area contributed by atoms with E-state index in [1.54, 1.807) is 44.5 Å². The molecule has 3 heterocycles. The number of allylic oxidation sites excluding steroid dienone is 1. The second kappa shape index (κ2) is 33.5. The largest absolute Gasteiger partial charge is 0.464 e. The molecule has 5 aliphatic carbocycles. The molecule has 0 aliphatic heterocycles. The Morgan fingerprint density at radius 1 is 0.367 bits per heavy atom. The van der Waals surface area contributed by atoms with Gasteiger partial charge in [0.2, 0.25) is 0 Å². The van der Waals surface area contributed by atoms with Crippen molar-refractivity contribution in [2.75, 3.05) is 0 Å². The van der Waals surface area contributed by atoms with Crippen molar-refractivity contribution >= 4 is 38.9 Å². The van der Waals surface area contributed by atoms with Crippen molar-refractivity contribution in [3.63, 3.8) is 0 Å². The van der Waals surface area contributed by atoms with Gasteiger partial charge in [0.15, 0.2) is 0 Å². The third-order valence-electron chi connectivity index (χ3n) is 25.2. The Hall–Kier alpha value is -8.66. The van der Waals surface area contributed by atoms with Crippen molar-refractivity contribution in [3.8, 4) is 11.4 Å². The van der Waals surface area contributed by atoms with E-state index < -0.39 is 0 Å². The molecule has 3 aromatic heterocycles. The van der Waals surface area contributed by atoms with Crippen molar-refractivity contribution in [2.24, 2.45) is 0 Å². The van der Waals surface area contributed by atoms with Gasteiger partial charge in [-0.2, -0.15) is 0 Å². The van der Waals surface area contributed by atoms with Gasteiger partial charge >= 0.3 is 0 Å². The van der Waals surface area contributed by atoms with Gasteiger partial charge in [-0.05, 0) is 397 Å². The molecule has 572 valence electrons. The maximum absolute atomic E-state index is 5.61. The van der Waals surface area contributed by atoms with E-state index in [0.29, 0.717) is 0 Å². The number of benzene rings is 9. The molecule has 3 heteroatoms. The molecule has 109 heavy (non-hydrogen) atoms. The molecule has 0 amide bonds. The van der Waals surface area contributed by atoms with E-state index in [-0.39, 0.29) is 21.7 Å². The molecule has 9 aromatic carbocycles. The molecule has 0 saturated carbocycles. The highest BCUT2D eigenvalue weighted by Gasteiger charge is 2.30. The number of hydrogen-bond donors (Lipinski definition) is 0. The summed E-state index contributed by atoms with van der Waals surface area (Å²) in [6.07, 6.45) is 30.2. The maximum Gasteiger partial charge on any atom is 0.134 e. The molecule has 0 bridgehead atoms. The monoisotopic (exact) mass is 1450 g/mol. The Balaban J connectivity index is 0.000000128. The van der Waals surface area contributed by atoms with Crippen LogP contribution in [0, 0.1) is 96.9 Å². The Morgan fingerprint density at radius 2 is 0.817 bits per heavy atom. The van der Waals surface area contributed by atoms with Crippen LogP contribution in [0.25, 0.3) is 50.2 Å². The number of nitrogens with zero attached hydrogens (tertiary/aromatic N) is 2. The van der Waals surface area contributed by atoms with Crippen LogP contribution in [0.2, 0.25) is 0 Å². The van der Waals surface area contributed by atoms with Crippen molar-refractivity contribution in [1.29, 1.82) is 0 Å². The molecule has 0 radical (unpaired) electrons. The summed E-state index contributed by atoms with van der Waals surface area (Å²) in [5, 5.41) is 3.99. The molecule has 0 N–H and O–H groups in total. The second-order valence-electron chi connectivity index (χ2n) is 36.9. The summed E-state index contributed by atoms with van der Waals surface area (Å²) in [6, 6.07) is 51.1. The zero-order valence-corrected chi connectivity index (χ0v) is 71.9. The average molecular weight is 1450 g/mol. The van der Waals surface area contributed by atoms with Crippen LogP contribution in [0.3, 0.4) is 0 Å².